The molecule has 0 unspecified atom stereocenters. The summed E-state index contributed by atoms with van der Waals surface area (Å²) < 4.78 is 24.4. The van der Waals surface area contributed by atoms with Crippen molar-refractivity contribution in [2.75, 3.05) is 13.2 Å². The zero-order valence-electron chi connectivity index (χ0n) is 22.7. The van der Waals surface area contributed by atoms with Crippen molar-refractivity contribution < 1.29 is 23.7 Å². The first-order chi connectivity index (χ1) is 20.0. The maximum atomic E-state index is 12.8. The Bertz CT molecular complexity index is 1500. The summed E-state index contributed by atoms with van der Waals surface area (Å²) in [6.07, 6.45) is 1.56. The zero-order valence-corrected chi connectivity index (χ0v) is 25.6. The number of halogens is 2. The van der Waals surface area contributed by atoms with Crippen LogP contribution in [0, 0.1) is 3.57 Å². The van der Waals surface area contributed by atoms with Crippen LogP contribution in [-0.4, -0.2) is 25.3 Å². The van der Waals surface area contributed by atoms with Crippen molar-refractivity contribution in [1.82, 2.24) is 5.43 Å². The van der Waals surface area contributed by atoms with Crippen molar-refractivity contribution in [3.05, 3.63) is 116 Å². The minimum absolute atomic E-state index is 0.305. The maximum absolute atomic E-state index is 12.8. The summed E-state index contributed by atoms with van der Waals surface area (Å²) >= 11 is 8.46. The van der Waals surface area contributed by atoms with Crippen LogP contribution in [-0.2, 0) is 13.2 Å². The predicted octanol–water partition coefficient (Wildman–Crippen LogP) is 7.66. The van der Waals surface area contributed by atoms with Gasteiger partial charge in [0.15, 0.2) is 23.0 Å². The minimum Gasteiger partial charge on any atom is -0.490 e. The first-order valence-corrected chi connectivity index (χ1v) is 14.5. The molecular formula is C32H30ClIN2O5. The molecule has 1 amide bonds. The van der Waals surface area contributed by atoms with Gasteiger partial charge in [0.2, 0.25) is 0 Å². The molecular weight excluding hydrogens is 655 g/mol. The zero-order chi connectivity index (χ0) is 29.0. The summed E-state index contributed by atoms with van der Waals surface area (Å²) in [7, 11) is 0. The van der Waals surface area contributed by atoms with Crippen molar-refractivity contribution in [2.45, 2.75) is 27.1 Å². The molecule has 0 aromatic heterocycles. The molecule has 41 heavy (non-hydrogen) atoms. The Morgan fingerprint density at radius 1 is 0.829 bits per heavy atom. The van der Waals surface area contributed by atoms with Crippen LogP contribution in [0.4, 0.5) is 0 Å². The topological polar surface area (TPSA) is 78.4 Å². The number of nitrogens with one attached hydrogen (secondary N) is 1. The molecule has 1 N–H and O–H groups in total. The second-order valence-electron chi connectivity index (χ2n) is 8.71. The highest BCUT2D eigenvalue weighted by atomic mass is 127. The number of hydrogen-bond acceptors (Lipinski definition) is 6. The summed E-state index contributed by atoms with van der Waals surface area (Å²) in [5.41, 5.74) is 5.62. The van der Waals surface area contributed by atoms with E-state index in [1.165, 1.54) is 0 Å². The Morgan fingerprint density at radius 2 is 1.56 bits per heavy atom. The van der Waals surface area contributed by atoms with Gasteiger partial charge in [-0.05, 0) is 84.0 Å². The van der Waals surface area contributed by atoms with E-state index < -0.39 is 0 Å². The monoisotopic (exact) mass is 684 g/mol. The van der Waals surface area contributed by atoms with E-state index in [0.717, 1.165) is 20.3 Å². The normalized spacial score (nSPS) is 10.8. The molecule has 0 heterocycles. The van der Waals surface area contributed by atoms with Gasteiger partial charge in [-0.3, -0.25) is 4.79 Å². The lowest BCUT2D eigenvalue weighted by Crippen LogP contribution is -2.17. The van der Waals surface area contributed by atoms with Gasteiger partial charge in [-0.25, -0.2) is 5.43 Å². The van der Waals surface area contributed by atoms with Crippen molar-refractivity contribution in [2.24, 2.45) is 5.10 Å². The fraction of sp³-hybridized carbons (Fsp3) is 0.188. The van der Waals surface area contributed by atoms with Gasteiger partial charge in [-0.2, -0.15) is 5.10 Å². The number of hydrogen-bond donors (Lipinski definition) is 1. The smallest absolute Gasteiger partial charge is 0.271 e. The van der Waals surface area contributed by atoms with Crippen LogP contribution in [0.3, 0.4) is 0 Å². The van der Waals surface area contributed by atoms with E-state index in [1.807, 2.05) is 80.6 Å². The fourth-order valence-corrected chi connectivity index (χ4v) is 4.80. The number of ether oxygens (including phenoxy) is 4. The highest BCUT2D eigenvalue weighted by molar-refractivity contribution is 14.1. The number of carbonyl (C=O) groups excluding carboxylic acids is 1. The molecule has 0 aliphatic rings. The molecule has 0 spiro atoms. The molecule has 4 aromatic carbocycles. The lowest BCUT2D eigenvalue weighted by Gasteiger charge is -2.15. The molecule has 0 aliphatic carbocycles. The number of rotatable bonds is 13. The molecule has 0 saturated heterocycles. The third-order valence-corrected chi connectivity index (χ3v) is 6.95. The average molecular weight is 685 g/mol. The van der Waals surface area contributed by atoms with E-state index in [2.05, 4.69) is 33.1 Å². The lowest BCUT2D eigenvalue weighted by molar-refractivity contribution is 0.0954. The largest absolute Gasteiger partial charge is 0.490 e. The van der Waals surface area contributed by atoms with Crippen molar-refractivity contribution >= 4 is 46.3 Å². The standard InChI is InChI=1S/C32H30ClIN2O5/c1-3-38-29-18-24(14-15-28(29)40-20-22-10-6-5-7-11-22)32(37)36-35-19-23-16-27(34)31(30(17-23)39-4-2)41-21-25-12-8-9-13-26(25)33/h5-19H,3-4,20-21H2,1-2H3,(H,36,37)/b35-19+. The van der Waals surface area contributed by atoms with E-state index in [4.69, 9.17) is 30.5 Å². The van der Waals surface area contributed by atoms with Crippen LogP contribution in [0.15, 0.2) is 90.0 Å². The Hall–Kier alpha value is -3.76. The third-order valence-electron chi connectivity index (χ3n) is 5.78. The molecule has 0 bridgehead atoms. The van der Waals surface area contributed by atoms with Gasteiger partial charge in [0.05, 0.1) is 23.0 Å². The summed E-state index contributed by atoms with van der Waals surface area (Å²) in [5.74, 6) is 1.86. The van der Waals surface area contributed by atoms with Gasteiger partial charge in [-0.1, -0.05) is 60.1 Å². The van der Waals surface area contributed by atoms with Crippen molar-refractivity contribution in [3.8, 4) is 23.0 Å². The summed E-state index contributed by atoms with van der Waals surface area (Å²) in [5, 5.41) is 4.80. The molecule has 0 radical (unpaired) electrons. The Balaban J connectivity index is 1.42. The number of benzene rings is 4. The van der Waals surface area contributed by atoms with Crippen LogP contribution in [0.2, 0.25) is 5.02 Å². The highest BCUT2D eigenvalue weighted by Crippen LogP contribution is 2.35. The minimum atomic E-state index is -0.378. The second kappa shape index (κ2) is 15.3. The van der Waals surface area contributed by atoms with Gasteiger partial charge in [0.25, 0.3) is 5.91 Å². The molecule has 7 nitrogen and oxygen atoms in total. The van der Waals surface area contributed by atoms with Gasteiger partial charge >= 0.3 is 0 Å². The summed E-state index contributed by atoms with van der Waals surface area (Å²) in [6, 6.07) is 26.1. The van der Waals surface area contributed by atoms with Crippen molar-refractivity contribution in [3.63, 3.8) is 0 Å². The van der Waals surface area contributed by atoms with Crippen LogP contribution in [0.1, 0.15) is 40.9 Å². The Labute approximate surface area is 258 Å². The van der Waals surface area contributed by atoms with E-state index in [9.17, 15) is 4.79 Å². The molecule has 0 fully saturated rings. The molecule has 0 atom stereocenters. The SMILES string of the molecule is CCOc1cc(C(=O)N/N=C/c2cc(I)c(OCc3ccccc3Cl)c(OCC)c2)ccc1OCc1ccccc1. The summed E-state index contributed by atoms with van der Waals surface area (Å²) in [4.78, 5) is 12.8. The molecule has 0 aliphatic heterocycles. The maximum Gasteiger partial charge on any atom is 0.271 e. The average Bonchev–Trinajstić information content (AvgIpc) is 2.97. The van der Waals surface area contributed by atoms with Gasteiger partial charge in [0.1, 0.15) is 13.2 Å². The lowest BCUT2D eigenvalue weighted by atomic mass is 10.2. The van der Waals surface area contributed by atoms with E-state index in [0.29, 0.717) is 60.0 Å². The first kappa shape index (κ1) is 30.2. The molecule has 9 heteroatoms. The van der Waals surface area contributed by atoms with E-state index >= 15 is 0 Å². The number of amides is 1. The van der Waals surface area contributed by atoms with Gasteiger partial charge in [-0.15, -0.1) is 0 Å². The molecule has 4 rings (SSSR count). The quantitative estimate of drug-likeness (QED) is 0.0889. The molecule has 212 valence electrons. The van der Waals surface area contributed by atoms with E-state index in [-0.39, 0.29) is 5.91 Å². The van der Waals surface area contributed by atoms with Crippen molar-refractivity contribution in [1.29, 1.82) is 0 Å². The second-order valence-corrected chi connectivity index (χ2v) is 10.3. The first-order valence-electron chi connectivity index (χ1n) is 13.1. The van der Waals surface area contributed by atoms with E-state index in [1.54, 1.807) is 24.4 Å². The van der Waals surface area contributed by atoms with Crippen LogP contribution < -0.4 is 24.4 Å². The highest BCUT2D eigenvalue weighted by Gasteiger charge is 2.14. The van der Waals surface area contributed by atoms with Crippen LogP contribution >= 0.6 is 34.2 Å². The Kier molecular flexibility index (Phi) is 11.3. The fourth-order valence-electron chi connectivity index (χ4n) is 3.83. The van der Waals surface area contributed by atoms with Crippen LogP contribution in [0.5, 0.6) is 23.0 Å². The summed E-state index contributed by atoms with van der Waals surface area (Å²) in [6.45, 7) is 5.37. The number of carbonyl (C=O) groups is 1. The van der Waals surface area contributed by atoms with Crippen LogP contribution in [0.25, 0.3) is 0 Å². The number of nitrogens with zero attached hydrogens (tertiary/aromatic N) is 1. The molecule has 0 saturated carbocycles. The number of hydrazone groups is 1. The van der Waals surface area contributed by atoms with Gasteiger partial charge < -0.3 is 18.9 Å². The Morgan fingerprint density at radius 3 is 2.32 bits per heavy atom. The molecule has 4 aromatic rings. The third kappa shape index (κ3) is 8.61. The predicted molar refractivity (Wildman–Crippen MR) is 170 cm³/mol. The van der Waals surface area contributed by atoms with Gasteiger partial charge in [0, 0.05) is 16.1 Å².